The van der Waals surface area contributed by atoms with E-state index in [2.05, 4.69) is 15.6 Å². The number of para-hydroxylation sites is 1. The average molecular weight is 465 g/mol. The number of ether oxygens (including phenoxy) is 1. The molecular weight excluding hydrogens is 432 g/mol. The van der Waals surface area contributed by atoms with Crippen LogP contribution in [0.2, 0.25) is 0 Å². The predicted molar refractivity (Wildman–Crippen MR) is 131 cm³/mol. The lowest BCUT2D eigenvalue weighted by molar-refractivity contribution is -0.147. The number of aromatic amines is 1. The highest BCUT2D eigenvalue weighted by atomic mass is 16.5. The van der Waals surface area contributed by atoms with Crippen molar-refractivity contribution in [3.8, 4) is 0 Å². The summed E-state index contributed by atoms with van der Waals surface area (Å²) in [5.41, 5.74) is 7.45. The highest BCUT2D eigenvalue weighted by molar-refractivity contribution is 5.94. The van der Waals surface area contributed by atoms with Gasteiger partial charge in [-0.3, -0.25) is 9.59 Å². The summed E-state index contributed by atoms with van der Waals surface area (Å²) < 4.78 is 5.19. The lowest BCUT2D eigenvalue weighted by atomic mass is 10.0. The van der Waals surface area contributed by atoms with Crippen LogP contribution < -0.4 is 16.4 Å². The number of benzene rings is 2. The summed E-state index contributed by atoms with van der Waals surface area (Å²) in [5, 5.41) is 6.50. The summed E-state index contributed by atoms with van der Waals surface area (Å²) in [6.07, 6.45) is 2.30. The third-order valence-electron chi connectivity index (χ3n) is 5.48. The van der Waals surface area contributed by atoms with Crippen molar-refractivity contribution in [1.82, 2.24) is 15.6 Å². The first-order chi connectivity index (χ1) is 16.2. The van der Waals surface area contributed by atoms with E-state index in [1.165, 1.54) is 0 Å². The molecule has 0 spiro atoms. The number of nitrogens with two attached hydrogens (primary N) is 1. The third-order valence-corrected chi connectivity index (χ3v) is 5.48. The second kappa shape index (κ2) is 11.0. The van der Waals surface area contributed by atoms with Crippen LogP contribution in [0.15, 0.2) is 60.8 Å². The fourth-order valence-corrected chi connectivity index (χ4v) is 3.63. The molecule has 5 N–H and O–H groups in total. The molecule has 1 heterocycles. The van der Waals surface area contributed by atoms with Gasteiger partial charge in [-0.05, 0) is 38.0 Å². The van der Waals surface area contributed by atoms with Crippen LogP contribution in [0.3, 0.4) is 0 Å². The van der Waals surface area contributed by atoms with E-state index < -0.39 is 35.4 Å². The average Bonchev–Trinajstić information content (AvgIpc) is 3.21. The fourth-order valence-electron chi connectivity index (χ4n) is 3.63. The molecule has 2 aromatic carbocycles. The molecular formula is C26H32N4O4. The Morgan fingerprint density at radius 2 is 1.65 bits per heavy atom. The maximum Gasteiger partial charge on any atom is 0.328 e. The molecule has 0 aliphatic rings. The minimum atomic E-state index is -1.18. The van der Waals surface area contributed by atoms with Crippen LogP contribution in [0.1, 0.15) is 31.9 Å². The first kappa shape index (κ1) is 25.0. The van der Waals surface area contributed by atoms with Crippen molar-refractivity contribution in [2.45, 2.75) is 51.2 Å². The number of esters is 1. The Morgan fingerprint density at radius 1 is 0.971 bits per heavy atom. The molecule has 8 nitrogen and oxygen atoms in total. The molecule has 0 saturated carbocycles. The summed E-state index contributed by atoms with van der Waals surface area (Å²) in [6.45, 7) is 5.04. The van der Waals surface area contributed by atoms with Gasteiger partial charge in [0.15, 0.2) is 0 Å². The molecule has 0 aliphatic carbocycles. The Bertz CT molecular complexity index is 1130. The molecule has 0 aliphatic heterocycles. The lowest BCUT2D eigenvalue weighted by Gasteiger charge is -2.26. The maximum absolute atomic E-state index is 13.4. The Balaban J connectivity index is 1.85. The van der Waals surface area contributed by atoms with E-state index in [4.69, 9.17) is 10.5 Å². The van der Waals surface area contributed by atoms with E-state index in [1.807, 2.05) is 60.8 Å². The van der Waals surface area contributed by atoms with E-state index in [1.54, 1.807) is 20.8 Å². The molecule has 0 unspecified atom stereocenters. The number of nitrogens with one attached hydrogen (secondary N) is 3. The van der Waals surface area contributed by atoms with Gasteiger partial charge in [0.05, 0.1) is 12.1 Å². The summed E-state index contributed by atoms with van der Waals surface area (Å²) in [7, 11) is 0. The summed E-state index contributed by atoms with van der Waals surface area (Å²) in [5.74, 6) is -1.49. The fraction of sp³-hybridized carbons (Fsp3) is 0.346. The van der Waals surface area contributed by atoms with E-state index in [0.717, 1.165) is 22.0 Å². The van der Waals surface area contributed by atoms with E-state index >= 15 is 0 Å². The van der Waals surface area contributed by atoms with Gasteiger partial charge in [0, 0.05) is 29.9 Å². The molecule has 0 saturated heterocycles. The van der Waals surface area contributed by atoms with Gasteiger partial charge in [-0.1, -0.05) is 48.5 Å². The van der Waals surface area contributed by atoms with Gasteiger partial charge < -0.3 is 26.1 Å². The van der Waals surface area contributed by atoms with Crippen molar-refractivity contribution in [3.05, 3.63) is 71.9 Å². The van der Waals surface area contributed by atoms with E-state index in [9.17, 15) is 14.4 Å². The number of rotatable bonds is 10. The van der Waals surface area contributed by atoms with Crippen LogP contribution >= 0.6 is 0 Å². The van der Waals surface area contributed by atoms with Gasteiger partial charge in [-0.15, -0.1) is 0 Å². The standard InChI is InChI=1S/C26H32N4O4/c1-4-34-24(32)22(14-17-10-6-5-7-11-17)29-23(31)21(30-25(33)26(2,3)27)15-18-16-28-20-13-9-8-12-19(18)20/h5-13,16,21-22,28H,4,14-15,27H2,1-3H3,(H,29,31)(H,30,33)/t21-,22+/m1/s1. The first-order valence-electron chi connectivity index (χ1n) is 11.3. The Labute approximate surface area is 199 Å². The number of H-pyrrole nitrogens is 1. The van der Waals surface area contributed by atoms with Crippen LogP contribution in [0.5, 0.6) is 0 Å². The second-order valence-electron chi connectivity index (χ2n) is 8.81. The molecule has 0 bridgehead atoms. The summed E-state index contributed by atoms with van der Waals surface area (Å²) in [6, 6.07) is 15.2. The molecule has 0 radical (unpaired) electrons. The quantitative estimate of drug-likeness (QED) is 0.342. The molecule has 2 atom stereocenters. The van der Waals surface area contributed by atoms with Crippen molar-refractivity contribution in [3.63, 3.8) is 0 Å². The second-order valence-corrected chi connectivity index (χ2v) is 8.81. The number of aromatic nitrogens is 1. The van der Waals surface area contributed by atoms with E-state index in [-0.39, 0.29) is 19.4 Å². The maximum atomic E-state index is 13.4. The zero-order valence-electron chi connectivity index (χ0n) is 19.8. The lowest BCUT2D eigenvalue weighted by Crippen LogP contribution is -2.58. The minimum absolute atomic E-state index is 0.191. The van der Waals surface area contributed by atoms with Gasteiger partial charge in [-0.2, -0.15) is 0 Å². The number of amides is 2. The highest BCUT2D eigenvalue weighted by Crippen LogP contribution is 2.19. The molecule has 34 heavy (non-hydrogen) atoms. The monoisotopic (exact) mass is 464 g/mol. The Hall–Kier alpha value is -3.65. The van der Waals surface area contributed by atoms with Gasteiger partial charge >= 0.3 is 5.97 Å². The number of fused-ring (bicyclic) bond motifs is 1. The third kappa shape index (κ3) is 6.45. The van der Waals surface area contributed by atoms with Crippen LogP contribution in [0, 0.1) is 0 Å². The summed E-state index contributed by atoms with van der Waals surface area (Å²) in [4.78, 5) is 41.9. The van der Waals surface area contributed by atoms with Crippen LogP contribution in [0.4, 0.5) is 0 Å². The number of hydrogen-bond acceptors (Lipinski definition) is 5. The van der Waals surface area contributed by atoms with Crippen molar-refractivity contribution in [2.75, 3.05) is 6.61 Å². The minimum Gasteiger partial charge on any atom is -0.464 e. The Kier molecular flexibility index (Phi) is 8.07. The van der Waals surface area contributed by atoms with Crippen molar-refractivity contribution in [1.29, 1.82) is 0 Å². The SMILES string of the molecule is CCOC(=O)[C@H](Cc1ccccc1)NC(=O)[C@@H](Cc1c[nH]c2ccccc12)NC(=O)C(C)(C)N. The van der Waals surface area contributed by atoms with Crippen LogP contribution in [-0.2, 0) is 32.0 Å². The smallest absolute Gasteiger partial charge is 0.328 e. The van der Waals surface area contributed by atoms with Gasteiger partial charge in [-0.25, -0.2) is 4.79 Å². The molecule has 1 aromatic heterocycles. The highest BCUT2D eigenvalue weighted by Gasteiger charge is 2.31. The molecule has 2 amide bonds. The molecule has 8 heteroatoms. The topological polar surface area (TPSA) is 126 Å². The summed E-state index contributed by atoms with van der Waals surface area (Å²) >= 11 is 0. The first-order valence-corrected chi connectivity index (χ1v) is 11.3. The van der Waals surface area contributed by atoms with Crippen molar-refractivity contribution < 1.29 is 19.1 Å². The van der Waals surface area contributed by atoms with Crippen LogP contribution in [-0.4, -0.2) is 47.0 Å². The van der Waals surface area contributed by atoms with Crippen LogP contribution in [0.25, 0.3) is 10.9 Å². The van der Waals surface area contributed by atoms with Gasteiger partial charge in [0.25, 0.3) is 0 Å². The largest absolute Gasteiger partial charge is 0.464 e. The van der Waals surface area contributed by atoms with Crippen molar-refractivity contribution >= 4 is 28.7 Å². The normalized spacial score (nSPS) is 13.2. The Morgan fingerprint density at radius 3 is 2.32 bits per heavy atom. The zero-order chi connectivity index (χ0) is 24.7. The molecule has 3 rings (SSSR count). The number of hydrogen-bond donors (Lipinski definition) is 4. The predicted octanol–water partition coefficient (Wildman–Crippen LogP) is 2.22. The van der Waals surface area contributed by atoms with Gasteiger partial charge in [0.2, 0.25) is 11.8 Å². The molecule has 3 aromatic rings. The molecule has 180 valence electrons. The molecule has 0 fully saturated rings. The van der Waals surface area contributed by atoms with Crippen molar-refractivity contribution in [2.24, 2.45) is 5.73 Å². The number of carbonyl (C=O) groups is 3. The number of carbonyl (C=O) groups excluding carboxylic acids is 3. The van der Waals surface area contributed by atoms with Gasteiger partial charge in [0.1, 0.15) is 12.1 Å². The zero-order valence-corrected chi connectivity index (χ0v) is 19.8. The van der Waals surface area contributed by atoms with E-state index in [0.29, 0.717) is 0 Å².